The van der Waals surface area contributed by atoms with Gasteiger partial charge in [0.05, 0.1) is 6.26 Å². The molecule has 0 radical (unpaired) electrons. The maximum atomic E-state index is 10.7. The fourth-order valence-electron chi connectivity index (χ4n) is 0.582. The average molecular weight is 158 g/mol. The van der Waals surface area contributed by atoms with Crippen LogP contribution in [0.25, 0.3) is 0 Å². The highest BCUT2D eigenvalue weighted by Gasteiger charge is 2.03. The van der Waals surface area contributed by atoms with Crippen LogP contribution in [0.1, 0.15) is 0 Å². The summed E-state index contributed by atoms with van der Waals surface area (Å²) in [6.07, 6.45) is 2.86. The molecule has 1 heterocycles. The summed E-state index contributed by atoms with van der Waals surface area (Å²) in [5.74, 6) is -0.0243. The van der Waals surface area contributed by atoms with Gasteiger partial charge in [-0.3, -0.25) is 0 Å². The Hall–Kier alpha value is -0.900. The monoisotopic (exact) mass is 158 g/mol. The summed E-state index contributed by atoms with van der Waals surface area (Å²) in [5, 5.41) is 9.01. The van der Waals surface area contributed by atoms with Crippen LogP contribution in [-0.2, 0) is 0 Å². The molecule has 4 heteroatoms. The maximum Gasteiger partial charge on any atom is 0.353 e. The number of hydrogen-bond acceptors (Lipinski definition) is 4. The topological polar surface area (TPSA) is 50.4 Å². The third-order valence-corrected chi connectivity index (χ3v) is 1.81. The SMILES string of the molecule is CSc1c(O)ccoc1=O. The first-order valence-electron chi connectivity index (χ1n) is 2.60. The highest BCUT2D eigenvalue weighted by atomic mass is 32.2. The molecule has 0 aliphatic carbocycles. The molecule has 0 aliphatic rings. The minimum atomic E-state index is -0.493. The Balaban J connectivity index is 3.31. The van der Waals surface area contributed by atoms with E-state index in [2.05, 4.69) is 4.42 Å². The van der Waals surface area contributed by atoms with Gasteiger partial charge in [-0.2, -0.15) is 0 Å². The maximum absolute atomic E-state index is 10.7. The second-order valence-corrected chi connectivity index (χ2v) is 2.44. The molecule has 0 saturated heterocycles. The van der Waals surface area contributed by atoms with Crippen LogP contribution >= 0.6 is 11.8 Å². The highest BCUT2D eigenvalue weighted by molar-refractivity contribution is 7.98. The van der Waals surface area contributed by atoms with Crippen LogP contribution in [0.3, 0.4) is 0 Å². The summed E-state index contributed by atoms with van der Waals surface area (Å²) in [6.45, 7) is 0. The van der Waals surface area contributed by atoms with Gasteiger partial charge in [0.2, 0.25) is 0 Å². The van der Waals surface area contributed by atoms with Gasteiger partial charge in [-0.05, 0) is 6.26 Å². The second-order valence-electron chi connectivity index (χ2n) is 1.63. The van der Waals surface area contributed by atoms with Crippen LogP contribution in [0.15, 0.2) is 26.4 Å². The summed E-state index contributed by atoms with van der Waals surface area (Å²) in [5.41, 5.74) is -0.493. The van der Waals surface area contributed by atoms with E-state index in [1.165, 1.54) is 17.8 Å². The molecule has 1 rings (SSSR count). The normalized spacial score (nSPS) is 9.70. The van der Waals surface area contributed by atoms with E-state index in [0.29, 0.717) is 0 Å². The van der Waals surface area contributed by atoms with Gasteiger partial charge >= 0.3 is 5.63 Å². The van der Waals surface area contributed by atoms with Crippen LogP contribution in [0.5, 0.6) is 5.75 Å². The molecule has 0 atom stereocenters. The Morgan fingerprint density at radius 2 is 2.40 bits per heavy atom. The minimum Gasteiger partial charge on any atom is -0.506 e. The third-order valence-electron chi connectivity index (χ3n) is 1.02. The lowest BCUT2D eigenvalue weighted by atomic mass is 10.5. The fraction of sp³-hybridized carbons (Fsp3) is 0.167. The zero-order valence-corrected chi connectivity index (χ0v) is 6.14. The Morgan fingerprint density at radius 3 is 2.80 bits per heavy atom. The molecule has 10 heavy (non-hydrogen) atoms. The zero-order chi connectivity index (χ0) is 7.56. The number of rotatable bonds is 1. The van der Waals surface area contributed by atoms with Crippen molar-refractivity contribution in [1.29, 1.82) is 0 Å². The highest BCUT2D eigenvalue weighted by Crippen LogP contribution is 2.20. The van der Waals surface area contributed by atoms with E-state index < -0.39 is 5.63 Å². The van der Waals surface area contributed by atoms with E-state index in [0.717, 1.165) is 6.26 Å². The molecule has 3 nitrogen and oxygen atoms in total. The van der Waals surface area contributed by atoms with Gasteiger partial charge in [-0.1, -0.05) is 0 Å². The molecule has 1 aromatic rings. The first-order chi connectivity index (χ1) is 4.75. The minimum absolute atomic E-state index is 0.0243. The third kappa shape index (κ3) is 1.16. The number of thioether (sulfide) groups is 1. The number of hydrogen-bond donors (Lipinski definition) is 1. The van der Waals surface area contributed by atoms with Gasteiger partial charge in [0.1, 0.15) is 10.6 Å². The van der Waals surface area contributed by atoms with Crippen molar-refractivity contribution in [3.63, 3.8) is 0 Å². The quantitative estimate of drug-likeness (QED) is 0.621. The lowest BCUT2D eigenvalue weighted by Gasteiger charge is -1.94. The Morgan fingerprint density at radius 1 is 1.70 bits per heavy atom. The van der Waals surface area contributed by atoms with E-state index in [-0.39, 0.29) is 10.6 Å². The van der Waals surface area contributed by atoms with Gasteiger partial charge in [0, 0.05) is 6.07 Å². The van der Waals surface area contributed by atoms with Crippen molar-refractivity contribution in [1.82, 2.24) is 0 Å². The molecule has 0 aromatic carbocycles. The van der Waals surface area contributed by atoms with Gasteiger partial charge < -0.3 is 9.52 Å². The Bertz CT molecular complexity index is 279. The smallest absolute Gasteiger partial charge is 0.353 e. The van der Waals surface area contributed by atoms with E-state index in [9.17, 15) is 4.79 Å². The van der Waals surface area contributed by atoms with E-state index >= 15 is 0 Å². The van der Waals surface area contributed by atoms with Gasteiger partial charge in [0.15, 0.2) is 0 Å². The van der Waals surface area contributed by atoms with Crippen molar-refractivity contribution in [2.45, 2.75) is 4.90 Å². The second kappa shape index (κ2) is 2.79. The van der Waals surface area contributed by atoms with E-state index in [4.69, 9.17) is 5.11 Å². The van der Waals surface area contributed by atoms with Crippen molar-refractivity contribution in [2.75, 3.05) is 6.26 Å². The Labute approximate surface area is 61.7 Å². The number of aromatic hydroxyl groups is 1. The van der Waals surface area contributed by atoms with Crippen LogP contribution < -0.4 is 5.63 Å². The first-order valence-corrected chi connectivity index (χ1v) is 3.83. The molecular weight excluding hydrogens is 152 g/mol. The van der Waals surface area contributed by atoms with Gasteiger partial charge in [0.25, 0.3) is 0 Å². The summed E-state index contributed by atoms with van der Waals surface area (Å²) < 4.78 is 4.49. The lowest BCUT2D eigenvalue weighted by Crippen LogP contribution is -1.99. The van der Waals surface area contributed by atoms with E-state index in [1.807, 2.05) is 0 Å². The average Bonchev–Trinajstić information content (AvgIpc) is 1.88. The molecule has 0 unspecified atom stereocenters. The van der Waals surface area contributed by atoms with Crippen molar-refractivity contribution < 1.29 is 9.52 Å². The predicted molar refractivity (Wildman–Crippen MR) is 38.4 cm³/mol. The molecule has 0 amide bonds. The summed E-state index contributed by atoms with van der Waals surface area (Å²) in [4.78, 5) is 11.0. The molecule has 0 saturated carbocycles. The molecule has 0 spiro atoms. The van der Waals surface area contributed by atoms with Crippen LogP contribution in [0.4, 0.5) is 0 Å². The standard InChI is InChI=1S/C6H6O3S/c1-10-5-4(7)2-3-9-6(5)8/h2-3,7H,1H3. The molecule has 1 N–H and O–H groups in total. The van der Waals surface area contributed by atoms with Crippen molar-refractivity contribution >= 4 is 11.8 Å². The molecule has 54 valence electrons. The predicted octanol–water partition coefficient (Wildman–Crippen LogP) is 1.07. The fourth-order valence-corrected chi connectivity index (χ4v) is 1.07. The molecule has 0 fully saturated rings. The lowest BCUT2D eigenvalue weighted by molar-refractivity contribution is 0.424. The van der Waals surface area contributed by atoms with E-state index in [1.54, 1.807) is 6.26 Å². The van der Waals surface area contributed by atoms with Crippen molar-refractivity contribution in [3.05, 3.63) is 22.7 Å². The van der Waals surface area contributed by atoms with Crippen LogP contribution in [0.2, 0.25) is 0 Å². The summed E-state index contributed by atoms with van der Waals surface area (Å²) in [6, 6.07) is 1.34. The Kier molecular flexibility index (Phi) is 2.01. The van der Waals surface area contributed by atoms with Gasteiger partial charge in [-0.25, -0.2) is 4.79 Å². The molecule has 0 bridgehead atoms. The van der Waals surface area contributed by atoms with Gasteiger partial charge in [-0.15, -0.1) is 11.8 Å². The first kappa shape index (κ1) is 7.21. The van der Waals surface area contributed by atoms with Crippen molar-refractivity contribution in [3.8, 4) is 5.75 Å². The molecular formula is C6H6O3S. The largest absolute Gasteiger partial charge is 0.506 e. The zero-order valence-electron chi connectivity index (χ0n) is 5.33. The summed E-state index contributed by atoms with van der Waals surface area (Å²) in [7, 11) is 0. The summed E-state index contributed by atoms with van der Waals surface area (Å²) >= 11 is 1.17. The van der Waals surface area contributed by atoms with Crippen LogP contribution in [-0.4, -0.2) is 11.4 Å². The molecule has 1 aromatic heterocycles. The van der Waals surface area contributed by atoms with Crippen LogP contribution in [0, 0.1) is 0 Å². The van der Waals surface area contributed by atoms with Crippen molar-refractivity contribution in [2.24, 2.45) is 0 Å². The molecule has 0 aliphatic heterocycles.